The summed E-state index contributed by atoms with van der Waals surface area (Å²) in [7, 11) is 3.25. The number of hydrogen-bond acceptors (Lipinski definition) is 3. The van der Waals surface area contributed by atoms with Crippen LogP contribution in [0.25, 0.3) is 0 Å². The third kappa shape index (κ3) is 3.79. The highest BCUT2D eigenvalue weighted by Gasteiger charge is 2.10. The third-order valence-corrected chi connectivity index (χ3v) is 2.72. The molecule has 0 heterocycles. The van der Waals surface area contributed by atoms with Gasteiger partial charge in [-0.1, -0.05) is 11.6 Å². The zero-order chi connectivity index (χ0) is 12.8. The smallest absolute Gasteiger partial charge is 0.161 e. The van der Waals surface area contributed by atoms with E-state index in [1.54, 1.807) is 14.2 Å². The number of hydrogen-bond donors (Lipinski definition) is 1. The maximum absolute atomic E-state index is 6.12. The zero-order valence-corrected chi connectivity index (χ0v) is 10.8. The fraction of sp³-hybridized carbons (Fsp3) is 0.429. The lowest BCUT2D eigenvalue weighted by atomic mass is 10.0. The number of ether oxygens (including phenoxy) is 2. The Kier molecular flexibility index (Phi) is 5.04. The predicted molar refractivity (Wildman–Crippen MR) is 70.5 cm³/mol. The monoisotopic (exact) mass is 235 g/mol. The van der Waals surface area contributed by atoms with Crippen LogP contribution in [0.15, 0.2) is 30.4 Å². The van der Waals surface area contributed by atoms with Crippen molar-refractivity contribution in [1.82, 2.24) is 0 Å². The van der Waals surface area contributed by atoms with E-state index in [0.29, 0.717) is 0 Å². The normalized spacial score (nSPS) is 12.0. The van der Waals surface area contributed by atoms with Crippen molar-refractivity contribution in [2.24, 2.45) is 5.73 Å². The van der Waals surface area contributed by atoms with E-state index in [9.17, 15) is 0 Å². The number of benzene rings is 1. The summed E-state index contributed by atoms with van der Waals surface area (Å²) in [5.74, 6) is 1.44. The average Bonchev–Trinajstić information content (AvgIpc) is 2.34. The lowest BCUT2D eigenvalue weighted by Crippen LogP contribution is -2.10. The minimum absolute atomic E-state index is 0.00602. The van der Waals surface area contributed by atoms with E-state index in [-0.39, 0.29) is 6.04 Å². The molecule has 0 fully saturated rings. The van der Waals surface area contributed by atoms with Crippen molar-refractivity contribution in [2.45, 2.75) is 25.8 Å². The summed E-state index contributed by atoms with van der Waals surface area (Å²) in [6.45, 7) is 5.90. The number of rotatable bonds is 6. The van der Waals surface area contributed by atoms with Crippen molar-refractivity contribution in [3.8, 4) is 11.5 Å². The molecule has 1 unspecified atom stereocenters. The van der Waals surface area contributed by atoms with E-state index in [0.717, 1.165) is 35.5 Å². The van der Waals surface area contributed by atoms with E-state index < -0.39 is 0 Å². The molecule has 0 bridgehead atoms. The largest absolute Gasteiger partial charge is 0.493 e. The van der Waals surface area contributed by atoms with Crippen molar-refractivity contribution in [1.29, 1.82) is 0 Å². The van der Waals surface area contributed by atoms with Crippen LogP contribution in [0.1, 0.15) is 31.4 Å². The van der Waals surface area contributed by atoms with Crippen molar-refractivity contribution in [2.75, 3.05) is 14.2 Å². The minimum Gasteiger partial charge on any atom is -0.493 e. The molecule has 0 aliphatic rings. The summed E-state index contributed by atoms with van der Waals surface area (Å²) in [5, 5.41) is 0. The van der Waals surface area contributed by atoms with E-state index in [2.05, 4.69) is 6.58 Å². The molecule has 0 aliphatic heterocycles. The maximum atomic E-state index is 6.12. The Morgan fingerprint density at radius 1 is 1.29 bits per heavy atom. The van der Waals surface area contributed by atoms with Gasteiger partial charge in [-0.15, -0.1) is 6.58 Å². The topological polar surface area (TPSA) is 44.5 Å². The van der Waals surface area contributed by atoms with Gasteiger partial charge in [0, 0.05) is 6.04 Å². The fourth-order valence-electron chi connectivity index (χ4n) is 1.65. The first-order valence-corrected chi connectivity index (χ1v) is 5.70. The fourth-order valence-corrected chi connectivity index (χ4v) is 1.65. The summed E-state index contributed by atoms with van der Waals surface area (Å²) in [6, 6.07) is 5.80. The predicted octanol–water partition coefficient (Wildman–Crippen LogP) is 3.06. The Labute approximate surface area is 103 Å². The summed E-state index contributed by atoms with van der Waals surface area (Å²) >= 11 is 0. The van der Waals surface area contributed by atoms with Gasteiger partial charge in [-0.25, -0.2) is 0 Å². The lowest BCUT2D eigenvalue weighted by Gasteiger charge is -2.15. The summed E-state index contributed by atoms with van der Waals surface area (Å²) in [4.78, 5) is 0. The van der Waals surface area contributed by atoms with Gasteiger partial charge in [0.25, 0.3) is 0 Å². The number of allylic oxidation sites excluding steroid dienone is 1. The molecule has 0 aromatic heterocycles. The van der Waals surface area contributed by atoms with Crippen LogP contribution >= 0.6 is 0 Å². The Bertz CT molecular complexity index is 388. The maximum Gasteiger partial charge on any atom is 0.161 e. The number of methoxy groups -OCH3 is 2. The lowest BCUT2D eigenvalue weighted by molar-refractivity contribution is 0.354. The van der Waals surface area contributed by atoms with Gasteiger partial charge in [0.2, 0.25) is 0 Å². The molecular weight excluding hydrogens is 214 g/mol. The molecule has 3 nitrogen and oxygen atoms in total. The summed E-state index contributed by atoms with van der Waals surface area (Å²) in [5.41, 5.74) is 8.33. The molecule has 0 saturated carbocycles. The molecule has 1 aromatic rings. The first kappa shape index (κ1) is 13.6. The van der Waals surface area contributed by atoms with Crippen LogP contribution in [0.5, 0.6) is 11.5 Å². The van der Waals surface area contributed by atoms with Gasteiger partial charge in [0.1, 0.15) is 0 Å². The van der Waals surface area contributed by atoms with Crippen LogP contribution < -0.4 is 15.2 Å². The number of nitrogens with two attached hydrogens (primary N) is 1. The highest BCUT2D eigenvalue weighted by Crippen LogP contribution is 2.30. The molecule has 2 N–H and O–H groups in total. The Morgan fingerprint density at radius 3 is 2.47 bits per heavy atom. The van der Waals surface area contributed by atoms with Gasteiger partial charge in [0.05, 0.1) is 14.2 Å². The van der Waals surface area contributed by atoms with Crippen molar-refractivity contribution in [3.05, 3.63) is 35.9 Å². The van der Waals surface area contributed by atoms with E-state index in [4.69, 9.17) is 15.2 Å². The first-order chi connectivity index (χ1) is 8.08. The van der Waals surface area contributed by atoms with Crippen LogP contribution in [0.4, 0.5) is 0 Å². The summed E-state index contributed by atoms with van der Waals surface area (Å²) < 4.78 is 10.4. The highest BCUT2D eigenvalue weighted by molar-refractivity contribution is 5.43. The first-order valence-electron chi connectivity index (χ1n) is 5.70. The van der Waals surface area contributed by atoms with Crippen molar-refractivity contribution in [3.63, 3.8) is 0 Å². The second-order valence-electron chi connectivity index (χ2n) is 4.22. The molecule has 94 valence electrons. The van der Waals surface area contributed by atoms with Crippen molar-refractivity contribution >= 4 is 0 Å². The van der Waals surface area contributed by atoms with E-state index >= 15 is 0 Å². The molecule has 0 radical (unpaired) electrons. The van der Waals surface area contributed by atoms with Crippen LogP contribution in [-0.2, 0) is 0 Å². The van der Waals surface area contributed by atoms with Gasteiger partial charge < -0.3 is 15.2 Å². The molecule has 1 rings (SSSR count). The van der Waals surface area contributed by atoms with Crippen LogP contribution in [-0.4, -0.2) is 14.2 Å². The van der Waals surface area contributed by atoms with E-state index in [1.807, 2.05) is 25.1 Å². The quantitative estimate of drug-likeness (QED) is 0.771. The second-order valence-corrected chi connectivity index (χ2v) is 4.22. The van der Waals surface area contributed by atoms with Gasteiger partial charge in [-0.3, -0.25) is 0 Å². The third-order valence-electron chi connectivity index (χ3n) is 2.72. The van der Waals surface area contributed by atoms with Gasteiger partial charge in [-0.05, 0) is 37.5 Å². The molecule has 0 amide bonds. The molecule has 1 aromatic carbocycles. The zero-order valence-electron chi connectivity index (χ0n) is 10.8. The van der Waals surface area contributed by atoms with Gasteiger partial charge in [-0.2, -0.15) is 0 Å². The standard InChI is InChI=1S/C14H21NO2/c1-10(2)5-7-12(15)11-6-8-13(16-3)14(9-11)17-4/h6,8-9,12H,1,5,7,15H2,2-4H3. The average molecular weight is 235 g/mol. The van der Waals surface area contributed by atoms with Crippen LogP contribution in [0.2, 0.25) is 0 Å². The van der Waals surface area contributed by atoms with Crippen molar-refractivity contribution < 1.29 is 9.47 Å². The van der Waals surface area contributed by atoms with Gasteiger partial charge >= 0.3 is 0 Å². The Hall–Kier alpha value is -1.48. The summed E-state index contributed by atoms with van der Waals surface area (Å²) in [6.07, 6.45) is 1.83. The Balaban J connectivity index is 2.80. The SMILES string of the molecule is C=C(C)CCC(N)c1ccc(OC)c(OC)c1. The molecule has 1 atom stereocenters. The van der Waals surface area contributed by atoms with E-state index in [1.165, 1.54) is 0 Å². The molecule has 0 spiro atoms. The van der Waals surface area contributed by atoms with Crippen LogP contribution in [0, 0.1) is 0 Å². The molecule has 0 saturated heterocycles. The minimum atomic E-state index is 0.00602. The highest BCUT2D eigenvalue weighted by atomic mass is 16.5. The second kappa shape index (κ2) is 6.30. The molecule has 0 aliphatic carbocycles. The van der Waals surface area contributed by atoms with Crippen LogP contribution in [0.3, 0.4) is 0 Å². The van der Waals surface area contributed by atoms with Gasteiger partial charge in [0.15, 0.2) is 11.5 Å². The molecule has 17 heavy (non-hydrogen) atoms. The molecule has 3 heteroatoms. The molecular formula is C14H21NO2. The Morgan fingerprint density at radius 2 is 1.94 bits per heavy atom.